The Morgan fingerprint density at radius 2 is 1.96 bits per heavy atom. The molecule has 0 bridgehead atoms. The molecule has 1 N–H and O–H groups in total. The van der Waals surface area contributed by atoms with E-state index in [-0.39, 0.29) is 6.10 Å². The van der Waals surface area contributed by atoms with Crippen LogP contribution >= 0.6 is 0 Å². The van der Waals surface area contributed by atoms with Gasteiger partial charge in [0.2, 0.25) is 17.7 Å². The summed E-state index contributed by atoms with van der Waals surface area (Å²) in [7, 11) is 2.00. The van der Waals surface area contributed by atoms with Gasteiger partial charge in [-0.25, -0.2) is 9.97 Å². The van der Waals surface area contributed by atoms with Gasteiger partial charge in [-0.2, -0.15) is 4.98 Å². The van der Waals surface area contributed by atoms with E-state index in [2.05, 4.69) is 30.3 Å². The van der Waals surface area contributed by atoms with Crippen LogP contribution in [0.4, 0.5) is 5.95 Å². The highest BCUT2D eigenvalue weighted by Crippen LogP contribution is 2.16. The van der Waals surface area contributed by atoms with Crippen LogP contribution < -0.4 is 5.32 Å². The molecule has 0 saturated carbocycles. The minimum absolute atomic E-state index is 0.268. The van der Waals surface area contributed by atoms with Crippen molar-refractivity contribution < 1.29 is 9.26 Å². The zero-order chi connectivity index (χ0) is 19.2. The molecular weight excluding hydrogens is 356 g/mol. The van der Waals surface area contributed by atoms with Crippen LogP contribution in [-0.4, -0.2) is 51.3 Å². The van der Waals surface area contributed by atoms with Gasteiger partial charge in [0, 0.05) is 43.2 Å². The maximum Gasteiger partial charge on any atom is 0.241 e. The number of hydrogen-bond acceptors (Lipinski definition) is 8. The van der Waals surface area contributed by atoms with Crippen LogP contribution in [0, 0.1) is 0 Å². The second kappa shape index (κ2) is 8.90. The summed E-state index contributed by atoms with van der Waals surface area (Å²) >= 11 is 0. The van der Waals surface area contributed by atoms with Crippen LogP contribution in [0.15, 0.2) is 47.2 Å². The summed E-state index contributed by atoms with van der Waals surface area (Å²) in [6, 6.07) is 9.80. The van der Waals surface area contributed by atoms with Crippen molar-refractivity contribution in [1.82, 2.24) is 25.0 Å². The van der Waals surface area contributed by atoms with E-state index in [4.69, 9.17) is 9.26 Å². The topological polar surface area (TPSA) is 89.2 Å². The lowest BCUT2D eigenvalue weighted by atomic mass is 10.2. The molecule has 1 fully saturated rings. The van der Waals surface area contributed by atoms with Gasteiger partial charge >= 0.3 is 0 Å². The highest BCUT2D eigenvalue weighted by atomic mass is 16.5. The van der Waals surface area contributed by atoms with Crippen LogP contribution in [-0.2, 0) is 17.8 Å². The van der Waals surface area contributed by atoms with E-state index in [0.717, 1.165) is 37.1 Å². The maximum absolute atomic E-state index is 5.59. The molecule has 0 aliphatic carbocycles. The first kappa shape index (κ1) is 18.5. The smallest absolute Gasteiger partial charge is 0.241 e. The van der Waals surface area contributed by atoms with Crippen molar-refractivity contribution in [2.75, 3.05) is 25.5 Å². The van der Waals surface area contributed by atoms with Gasteiger partial charge in [-0.05, 0) is 19.9 Å². The molecule has 3 heterocycles. The van der Waals surface area contributed by atoms with Crippen molar-refractivity contribution >= 4 is 5.95 Å². The van der Waals surface area contributed by atoms with Crippen LogP contribution in [0.1, 0.15) is 24.3 Å². The minimum Gasteiger partial charge on any atom is -0.376 e. The number of rotatable bonds is 8. The number of anilines is 1. The van der Waals surface area contributed by atoms with Crippen molar-refractivity contribution in [3.05, 3.63) is 54.2 Å². The fourth-order valence-electron chi connectivity index (χ4n) is 3.16. The quantitative estimate of drug-likeness (QED) is 0.638. The maximum atomic E-state index is 5.59. The summed E-state index contributed by atoms with van der Waals surface area (Å²) in [6.07, 6.45) is 6.17. The molecule has 8 nitrogen and oxygen atoms in total. The van der Waals surface area contributed by atoms with E-state index < -0.39 is 0 Å². The van der Waals surface area contributed by atoms with Crippen molar-refractivity contribution in [1.29, 1.82) is 0 Å². The van der Waals surface area contributed by atoms with Crippen LogP contribution in [0.25, 0.3) is 11.4 Å². The van der Waals surface area contributed by atoms with E-state index >= 15 is 0 Å². The second-order valence-corrected chi connectivity index (χ2v) is 6.98. The molecule has 0 radical (unpaired) electrons. The minimum atomic E-state index is 0.268. The summed E-state index contributed by atoms with van der Waals surface area (Å²) in [4.78, 5) is 15.3. The first-order chi connectivity index (χ1) is 13.8. The molecule has 1 aliphatic rings. The fourth-order valence-corrected chi connectivity index (χ4v) is 3.16. The predicted molar refractivity (Wildman–Crippen MR) is 104 cm³/mol. The monoisotopic (exact) mass is 380 g/mol. The lowest BCUT2D eigenvalue weighted by Gasteiger charge is -2.14. The number of hydrogen-bond donors (Lipinski definition) is 1. The standard InChI is InChI=1S/C20H24N6O2/c1-26(14-18-24-19(25-28-18)16-6-3-2-4-7-16)13-15-10-21-20(22-11-15)23-12-17-8-5-9-27-17/h2-4,6-7,10-11,17H,5,8-9,12-14H2,1H3,(H,21,22,23)/t17-/m0/s1. The van der Waals surface area contributed by atoms with Crippen molar-refractivity contribution in [2.24, 2.45) is 0 Å². The largest absolute Gasteiger partial charge is 0.376 e. The van der Waals surface area contributed by atoms with E-state index in [1.807, 2.05) is 49.8 Å². The zero-order valence-electron chi connectivity index (χ0n) is 15.9. The molecule has 1 aliphatic heterocycles. The van der Waals surface area contributed by atoms with Gasteiger partial charge in [-0.3, -0.25) is 4.90 Å². The van der Waals surface area contributed by atoms with Crippen LogP contribution in [0.2, 0.25) is 0 Å². The second-order valence-electron chi connectivity index (χ2n) is 6.98. The third-order valence-electron chi connectivity index (χ3n) is 4.57. The molecule has 28 heavy (non-hydrogen) atoms. The first-order valence-electron chi connectivity index (χ1n) is 9.49. The van der Waals surface area contributed by atoms with E-state index in [9.17, 15) is 0 Å². The Bertz CT molecular complexity index is 862. The number of aromatic nitrogens is 4. The number of ether oxygens (including phenoxy) is 1. The third-order valence-corrected chi connectivity index (χ3v) is 4.57. The molecule has 3 aromatic rings. The lowest BCUT2D eigenvalue weighted by molar-refractivity contribution is 0.120. The molecule has 1 saturated heterocycles. The first-order valence-corrected chi connectivity index (χ1v) is 9.49. The normalized spacial score (nSPS) is 16.6. The van der Waals surface area contributed by atoms with Gasteiger partial charge in [0.1, 0.15) is 0 Å². The summed E-state index contributed by atoms with van der Waals surface area (Å²) < 4.78 is 11.0. The molecule has 1 atom stereocenters. The van der Waals surface area contributed by atoms with Crippen molar-refractivity contribution in [3.63, 3.8) is 0 Å². The molecule has 2 aromatic heterocycles. The number of nitrogens with one attached hydrogen (secondary N) is 1. The van der Waals surface area contributed by atoms with Gasteiger partial charge in [-0.15, -0.1) is 0 Å². The molecule has 8 heteroatoms. The molecule has 146 valence electrons. The van der Waals surface area contributed by atoms with Gasteiger partial charge in [0.15, 0.2) is 0 Å². The van der Waals surface area contributed by atoms with Crippen molar-refractivity contribution in [3.8, 4) is 11.4 Å². The van der Waals surface area contributed by atoms with Gasteiger partial charge in [-0.1, -0.05) is 35.5 Å². The molecule has 0 spiro atoms. The Balaban J connectivity index is 1.27. The Morgan fingerprint density at radius 3 is 2.71 bits per heavy atom. The average molecular weight is 380 g/mol. The number of benzene rings is 1. The zero-order valence-corrected chi connectivity index (χ0v) is 15.9. The average Bonchev–Trinajstić information content (AvgIpc) is 3.40. The van der Waals surface area contributed by atoms with E-state index in [0.29, 0.717) is 30.8 Å². The highest BCUT2D eigenvalue weighted by Gasteiger charge is 2.15. The van der Waals surface area contributed by atoms with E-state index in [1.54, 1.807) is 0 Å². The molecule has 0 unspecified atom stereocenters. The molecular formula is C20H24N6O2. The van der Waals surface area contributed by atoms with Crippen LogP contribution in [0.5, 0.6) is 0 Å². The van der Waals surface area contributed by atoms with Gasteiger partial charge in [0.05, 0.1) is 12.6 Å². The Labute approximate surface area is 164 Å². The summed E-state index contributed by atoms with van der Waals surface area (Å²) in [5.74, 6) is 1.82. The van der Waals surface area contributed by atoms with E-state index in [1.165, 1.54) is 0 Å². The van der Waals surface area contributed by atoms with Gasteiger partial charge < -0.3 is 14.6 Å². The van der Waals surface area contributed by atoms with Crippen LogP contribution in [0.3, 0.4) is 0 Å². The molecule has 4 rings (SSSR count). The fraction of sp³-hybridized carbons (Fsp3) is 0.400. The Morgan fingerprint density at radius 1 is 1.14 bits per heavy atom. The summed E-state index contributed by atoms with van der Waals surface area (Å²) in [5.41, 5.74) is 1.97. The predicted octanol–water partition coefficient (Wildman–Crippen LogP) is 2.75. The lowest BCUT2D eigenvalue weighted by Crippen LogP contribution is -2.20. The number of nitrogens with zero attached hydrogens (tertiary/aromatic N) is 5. The summed E-state index contributed by atoms with van der Waals surface area (Å²) in [6.45, 7) is 2.85. The SMILES string of the molecule is CN(Cc1cnc(NC[C@@H]2CCCO2)nc1)Cc1nc(-c2ccccc2)no1. The third kappa shape index (κ3) is 4.90. The highest BCUT2D eigenvalue weighted by molar-refractivity contribution is 5.53. The summed E-state index contributed by atoms with van der Waals surface area (Å²) in [5, 5.41) is 7.29. The molecule has 0 amide bonds. The Hall–Kier alpha value is -2.84. The van der Waals surface area contributed by atoms with Gasteiger partial charge in [0.25, 0.3) is 0 Å². The van der Waals surface area contributed by atoms with Crippen molar-refractivity contribution in [2.45, 2.75) is 32.0 Å². The Kier molecular flexibility index (Phi) is 5.89. The molecule has 1 aromatic carbocycles.